The lowest BCUT2D eigenvalue weighted by Gasteiger charge is -2.35. The molecule has 132 valence electrons. The van der Waals surface area contributed by atoms with Gasteiger partial charge in [-0.3, -0.25) is 19.6 Å². The van der Waals surface area contributed by atoms with Crippen LogP contribution in [0, 0.1) is 5.82 Å². The third-order valence-electron chi connectivity index (χ3n) is 4.17. The van der Waals surface area contributed by atoms with Crippen LogP contribution in [0.3, 0.4) is 0 Å². The highest BCUT2D eigenvalue weighted by Crippen LogP contribution is 2.17. The second-order valence-electron chi connectivity index (χ2n) is 6.24. The molecule has 7 nitrogen and oxygen atoms in total. The normalized spacial score (nSPS) is 14.9. The Morgan fingerprint density at radius 1 is 1.24 bits per heavy atom. The molecule has 0 radical (unpaired) electrons. The van der Waals surface area contributed by atoms with Crippen LogP contribution in [0.15, 0.2) is 29.2 Å². The van der Waals surface area contributed by atoms with Crippen molar-refractivity contribution in [3.63, 3.8) is 0 Å². The number of hydrogen-bond acceptors (Lipinski definition) is 5. The molecule has 3 rings (SSSR count). The maximum atomic E-state index is 13.9. The van der Waals surface area contributed by atoms with Crippen molar-refractivity contribution in [2.24, 2.45) is 0 Å². The highest BCUT2D eigenvalue weighted by Gasteiger charge is 2.25. The fraction of sp³-hybridized carbons (Fsp3) is 0.412. The smallest absolute Gasteiger partial charge is 0.288 e. The molecule has 1 aliphatic heterocycles. The van der Waals surface area contributed by atoms with E-state index in [9.17, 15) is 14.0 Å². The summed E-state index contributed by atoms with van der Waals surface area (Å²) in [5.74, 6) is -0.792. The van der Waals surface area contributed by atoms with E-state index >= 15 is 0 Å². The van der Waals surface area contributed by atoms with Crippen LogP contribution in [-0.4, -0.2) is 51.9 Å². The second kappa shape index (κ2) is 7.00. The molecule has 1 amide bonds. The molecule has 1 aliphatic rings. The van der Waals surface area contributed by atoms with Crippen molar-refractivity contribution < 1.29 is 9.18 Å². The number of pyridine rings is 1. The number of carbonyl (C=O) groups is 1. The molecular formula is C17H20FN5O2. The molecule has 0 aromatic carbocycles. The van der Waals surface area contributed by atoms with E-state index in [1.165, 1.54) is 0 Å². The molecule has 0 unspecified atom stereocenters. The highest BCUT2D eigenvalue weighted by atomic mass is 19.1. The lowest BCUT2D eigenvalue weighted by molar-refractivity contribution is 0.0740. The number of hydrogen-bond donors (Lipinski definition) is 1. The molecule has 8 heteroatoms. The van der Waals surface area contributed by atoms with E-state index in [1.54, 1.807) is 43.1 Å². The zero-order chi connectivity index (χ0) is 18.0. The van der Waals surface area contributed by atoms with Crippen molar-refractivity contribution in [1.29, 1.82) is 0 Å². The number of halogens is 1. The van der Waals surface area contributed by atoms with Gasteiger partial charge in [0, 0.05) is 32.4 Å². The summed E-state index contributed by atoms with van der Waals surface area (Å²) in [6.45, 7) is 5.55. The highest BCUT2D eigenvalue weighted by molar-refractivity contribution is 5.92. The average Bonchev–Trinajstić information content (AvgIpc) is 2.64. The second-order valence-corrected chi connectivity index (χ2v) is 6.24. The summed E-state index contributed by atoms with van der Waals surface area (Å²) < 4.78 is 13.9. The van der Waals surface area contributed by atoms with Gasteiger partial charge in [0.05, 0.1) is 5.69 Å². The number of piperazine rings is 1. The van der Waals surface area contributed by atoms with Crippen molar-refractivity contribution in [3.8, 4) is 0 Å². The topological polar surface area (TPSA) is 82.2 Å². The molecular weight excluding hydrogens is 325 g/mol. The van der Waals surface area contributed by atoms with Gasteiger partial charge in [0.1, 0.15) is 5.69 Å². The van der Waals surface area contributed by atoms with E-state index in [-0.39, 0.29) is 17.5 Å². The van der Waals surface area contributed by atoms with Crippen LogP contribution in [0.1, 0.15) is 35.9 Å². The van der Waals surface area contributed by atoms with Crippen LogP contribution in [0.5, 0.6) is 0 Å². The van der Waals surface area contributed by atoms with Gasteiger partial charge >= 0.3 is 0 Å². The number of aromatic nitrogens is 3. The monoisotopic (exact) mass is 345 g/mol. The minimum atomic E-state index is -0.831. The predicted molar refractivity (Wildman–Crippen MR) is 91.3 cm³/mol. The van der Waals surface area contributed by atoms with Crippen molar-refractivity contribution in [2.45, 2.75) is 19.8 Å². The number of H-pyrrole nitrogens is 1. The Morgan fingerprint density at radius 2 is 1.96 bits per heavy atom. The van der Waals surface area contributed by atoms with Crippen LogP contribution >= 0.6 is 0 Å². The van der Waals surface area contributed by atoms with E-state index in [2.05, 4.69) is 15.0 Å². The number of carbonyl (C=O) groups excluding carboxylic acids is 1. The summed E-state index contributed by atoms with van der Waals surface area (Å²) in [7, 11) is 0. The Labute approximate surface area is 144 Å². The number of anilines is 1. The molecule has 1 N–H and O–H groups in total. The van der Waals surface area contributed by atoms with Crippen molar-refractivity contribution >= 4 is 11.9 Å². The standard InChI is InChI=1S/C17H20FN5O2/c1-11(2)14-13(18)15(24)21-17(20-14)23-9-7-22(8-10-23)16(25)12-5-3-4-6-19-12/h3-6,11H,7-10H2,1-2H3,(H,20,21,24). The quantitative estimate of drug-likeness (QED) is 0.909. The van der Waals surface area contributed by atoms with Crippen LogP contribution in [-0.2, 0) is 0 Å². The van der Waals surface area contributed by atoms with Crippen LogP contribution < -0.4 is 10.5 Å². The first-order valence-corrected chi connectivity index (χ1v) is 8.22. The zero-order valence-corrected chi connectivity index (χ0v) is 14.2. The molecule has 2 aromatic rings. The Bertz CT molecular complexity index is 814. The fourth-order valence-electron chi connectivity index (χ4n) is 2.77. The molecule has 0 aliphatic carbocycles. The van der Waals surface area contributed by atoms with Crippen LogP contribution in [0.2, 0.25) is 0 Å². The van der Waals surface area contributed by atoms with Crippen molar-refractivity contribution in [2.75, 3.05) is 31.1 Å². The van der Waals surface area contributed by atoms with E-state index in [0.717, 1.165) is 0 Å². The molecule has 2 aromatic heterocycles. The average molecular weight is 345 g/mol. The minimum Gasteiger partial charge on any atom is -0.339 e. The molecule has 1 fully saturated rings. The molecule has 1 saturated heterocycles. The summed E-state index contributed by atoms with van der Waals surface area (Å²) in [6, 6.07) is 5.22. The maximum absolute atomic E-state index is 13.9. The summed E-state index contributed by atoms with van der Waals surface area (Å²) in [6.07, 6.45) is 1.59. The summed E-state index contributed by atoms with van der Waals surface area (Å²) >= 11 is 0. The van der Waals surface area contributed by atoms with E-state index in [0.29, 0.717) is 37.8 Å². The third kappa shape index (κ3) is 3.52. The third-order valence-corrected chi connectivity index (χ3v) is 4.17. The van der Waals surface area contributed by atoms with E-state index < -0.39 is 11.4 Å². The number of amides is 1. The first-order chi connectivity index (χ1) is 12.0. The molecule has 0 bridgehead atoms. The van der Waals surface area contributed by atoms with Gasteiger partial charge in [0.25, 0.3) is 11.5 Å². The summed E-state index contributed by atoms with van der Waals surface area (Å²) in [5.41, 5.74) is -0.196. The largest absolute Gasteiger partial charge is 0.339 e. The van der Waals surface area contributed by atoms with Gasteiger partial charge in [-0.1, -0.05) is 19.9 Å². The van der Waals surface area contributed by atoms with Gasteiger partial charge in [-0.25, -0.2) is 4.98 Å². The van der Waals surface area contributed by atoms with E-state index in [4.69, 9.17) is 0 Å². The molecule has 0 atom stereocenters. The molecule has 25 heavy (non-hydrogen) atoms. The van der Waals surface area contributed by atoms with Gasteiger partial charge in [-0.2, -0.15) is 4.39 Å². The molecule has 0 saturated carbocycles. The SMILES string of the molecule is CC(C)c1nc(N2CCN(C(=O)c3ccccn3)CC2)[nH]c(=O)c1F. The minimum absolute atomic E-state index is 0.122. The van der Waals surface area contributed by atoms with Gasteiger partial charge in [0.2, 0.25) is 11.8 Å². The Kier molecular flexibility index (Phi) is 4.78. The van der Waals surface area contributed by atoms with Gasteiger partial charge in [-0.05, 0) is 18.1 Å². The van der Waals surface area contributed by atoms with E-state index in [1.807, 2.05) is 4.90 Å². The van der Waals surface area contributed by atoms with Crippen LogP contribution in [0.4, 0.5) is 10.3 Å². The molecule has 0 spiro atoms. The van der Waals surface area contributed by atoms with Crippen LogP contribution in [0.25, 0.3) is 0 Å². The lowest BCUT2D eigenvalue weighted by Crippen LogP contribution is -2.49. The zero-order valence-electron chi connectivity index (χ0n) is 14.2. The summed E-state index contributed by atoms with van der Waals surface area (Å²) in [5, 5.41) is 0. The number of rotatable bonds is 3. The van der Waals surface area contributed by atoms with Gasteiger partial charge < -0.3 is 9.80 Å². The predicted octanol–water partition coefficient (Wildman–Crippen LogP) is 1.39. The Morgan fingerprint density at radius 3 is 2.56 bits per heavy atom. The number of nitrogens with one attached hydrogen (secondary N) is 1. The van der Waals surface area contributed by atoms with Crippen molar-refractivity contribution in [3.05, 3.63) is 52.0 Å². The Hall–Kier alpha value is -2.77. The van der Waals surface area contributed by atoms with Crippen molar-refractivity contribution in [1.82, 2.24) is 19.9 Å². The first kappa shape index (κ1) is 17.1. The van der Waals surface area contributed by atoms with Gasteiger partial charge in [-0.15, -0.1) is 0 Å². The summed E-state index contributed by atoms with van der Waals surface area (Å²) in [4.78, 5) is 38.6. The number of nitrogens with zero attached hydrogens (tertiary/aromatic N) is 4. The Balaban J connectivity index is 1.73. The fourth-order valence-corrected chi connectivity index (χ4v) is 2.77. The van der Waals surface area contributed by atoms with Gasteiger partial charge in [0.15, 0.2) is 0 Å². The number of aromatic amines is 1. The maximum Gasteiger partial charge on any atom is 0.288 e. The molecule has 3 heterocycles. The lowest BCUT2D eigenvalue weighted by atomic mass is 10.1. The first-order valence-electron chi connectivity index (χ1n) is 8.22.